The fourth-order valence-electron chi connectivity index (χ4n) is 4.21. The predicted molar refractivity (Wildman–Crippen MR) is 98.7 cm³/mol. The Kier molecular flexibility index (Phi) is 6.30. The fourth-order valence-corrected chi connectivity index (χ4v) is 4.21. The first kappa shape index (κ1) is 18.9. The van der Waals surface area contributed by atoms with E-state index in [1.54, 1.807) is 0 Å². The van der Waals surface area contributed by atoms with Gasteiger partial charge in [0.1, 0.15) is 0 Å². The highest BCUT2D eigenvalue weighted by molar-refractivity contribution is 5.80. The van der Waals surface area contributed by atoms with E-state index in [4.69, 9.17) is 4.74 Å². The zero-order valence-electron chi connectivity index (χ0n) is 15.4. The summed E-state index contributed by atoms with van der Waals surface area (Å²) in [7, 11) is 0. The van der Waals surface area contributed by atoms with Gasteiger partial charge < -0.3 is 15.2 Å². The number of nitrogens with one attached hydrogen (secondary N) is 1. The fraction of sp³-hybridized carbons (Fsp3) is 0.619. The maximum atomic E-state index is 12.6. The largest absolute Gasteiger partial charge is 0.481 e. The van der Waals surface area contributed by atoms with Gasteiger partial charge in [0.05, 0.1) is 12.0 Å². The van der Waals surface area contributed by atoms with Crippen LogP contribution in [0.25, 0.3) is 0 Å². The van der Waals surface area contributed by atoms with Crippen LogP contribution >= 0.6 is 0 Å². The lowest BCUT2D eigenvalue weighted by Gasteiger charge is -2.33. The van der Waals surface area contributed by atoms with Crippen molar-refractivity contribution in [3.63, 3.8) is 0 Å². The van der Waals surface area contributed by atoms with Gasteiger partial charge in [-0.15, -0.1) is 0 Å². The summed E-state index contributed by atoms with van der Waals surface area (Å²) in [5.41, 5.74) is 2.39. The van der Waals surface area contributed by atoms with Gasteiger partial charge in [-0.3, -0.25) is 9.59 Å². The Morgan fingerprint density at radius 1 is 1.12 bits per heavy atom. The zero-order chi connectivity index (χ0) is 18.5. The van der Waals surface area contributed by atoms with Gasteiger partial charge in [0.2, 0.25) is 5.91 Å². The van der Waals surface area contributed by atoms with E-state index in [2.05, 4.69) is 36.5 Å². The minimum atomic E-state index is -0.775. The SMILES string of the molecule is Cc1ccc(C2OCCCC2CNC(=O)C2CCCC(C(=O)O)C2)cc1. The molecule has 1 amide bonds. The standard InChI is InChI=1S/C21H29NO4/c1-14-7-9-15(10-8-14)19-18(6-3-11-26-19)13-22-20(23)16-4-2-5-17(12-16)21(24)25/h7-10,16-19H,2-6,11-13H2,1H3,(H,22,23)(H,24,25). The van der Waals surface area contributed by atoms with E-state index in [9.17, 15) is 14.7 Å². The Bertz CT molecular complexity index is 627. The lowest BCUT2D eigenvalue weighted by Crippen LogP contribution is -2.40. The molecule has 142 valence electrons. The van der Waals surface area contributed by atoms with Crippen molar-refractivity contribution in [1.82, 2.24) is 5.32 Å². The van der Waals surface area contributed by atoms with E-state index in [1.807, 2.05) is 0 Å². The summed E-state index contributed by atoms with van der Waals surface area (Å²) in [4.78, 5) is 23.8. The van der Waals surface area contributed by atoms with Crippen molar-refractivity contribution in [1.29, 1.82) is 0 Å². The Morgan fingerprint density at radius 2 is 1.85 bits per heavy atom. The van der Waals surface area contributed by atoms with Crippen LogP contribution in [0.15, 0.2) is 24.3 Å². The van der Waals surface area contributed by atoms with Gasteiger partial charge in [0.25, 0.3) is 0 Å². The molecule has 0 spiro atoms. The number of hydrogen-bond acceptors (Lipinski definition) is 3. The number of amides is 1. The van der Waals surface area contributed by atoms with Crippen LogP contribution in [-0.4, -0.2) is 30.1 Å². The molecule has 1 aromatic rings. The number of carbonyl (C=O) groups excluding carboxylic acids is 1. The summed E-state index contributed by atoms with van der Waals surface area (Å²) in [6.07, 6.45) is 4.80. The van der Waals surface area contributed by atoms with E-state index >= 15 is 0 Å². The normalized spacial score (nSPS) is 29.1. The first-order chi connectivity index (χ1) is 12.5. The molecule has 2 N–H and O–H groups in total. The third kappa shape index (κ3) is 4.64. The lowest BCUT2D eigenvalue weighted by molar-refractivity contribution is -0.144. The van der Waals surface area contributed by atoms with Crippen molar-refractivity contribution in [3.05, 3.63) is 35.4 Å². The second-order valence-corrected chi connectivity index (χ2v) is 7.75. The molecule has 0 radical (unpaired) electrons. The van der Waals surface area contributed by atoms with Gasteiger partial charge >= 0.3 is 5.97 Å². The smallest absolute Gasteiger partial charge is 0.306 e. The number of rotatable bonds is 5. The highest BCUT2D eigenvalue weighted by Gasteiger charge is 2.32. The molecular formula is C21H29NO4. The summed E-state index contributed by atoms with van der Waals surface area (Å²) in [6, 6.07) is 8.41. The molecule has 0 bridgehead atoms. The summed E-state index contributed by atoms with van der Waals surface area (Å²) in [6.45, 7) is 3.41. The van der Waals surface area contributed by atoms with E-state index < -0.39 is 5.97 Å². The van der Waals surface area contributed by atoms with Crippen molar-refractivity contribution < 1.29 is 19.4 Å². The molecule has 0 aromatic heterocycles. The molecule has 1 saturated carbocycles. The zero-order valence-corrected chi connectivity index (χ0v) is 15.4. The van der Waals surface area contributed by atoms with Crippen LogP contribution in [0.3, 0.4) is 0 Å². The van der Waals surface area contributed by atoms with Crippen LogP contribution in [0.1, 0.15) is 55.8 Å². The quantitative estimate of drug-likeness (QED) is 0.844. The maximum Gasteiger partial charge on any atom is 0.306 e. The number of aliphatic carboxylic acids is 1. The number of carboxylic acid groups (broad SMARTS) is 1. The average molecular weight is 359 g/mol. The summed E-state index contributed by atoms with van der Waals surface area (Å²) in [5.74, 6) is -1.06. The average Bonchev–Trinajstić information content (AvgIpc) is 2.67. The summed E-state index contributed by atoms with van der Waals surface area (Å²) >= 11 is 0. The van der Waals surface area contributed by atoms with E-state index in [1.165, 1.54) is 5.56 Å². The maximum absolute atomic E-state index is 12.6. The summed E-state index contributed by atoms with van der Waals surface area (Å²) < 4.78 is 6.01. The lowest BCUT2D eigenvalue weighted by atomic mass is 9.81. The number of hydrogen-bond donors (Lipinski definition) is 2. The van der Waals surface area contributed by atoms with Crippen LogP contribution in [0.2, 0.25) is 0 Å². The molecule has 1 saturated heterocycles. The Morgan fingerprint density at radius 3 is 2.58 bits per heavy atom. The molecule has 1 heterocycles. The molecule has 3 rings (SSSR count). The Labute approximate surface area is 155 Å². The molecule has 2 fully saturated rings. The number of carboxylic acids is 1. The molecular weight excluding hydrogens is 330 g/mol. The molecule has 1 aliphatic carbocycles. The van der Waals surface area contributed by atoms with Crippen LogP contribution < -0.4 is 5.32 Å². The van der Waals surface area contributed by atoms with Crippen molar-refractivity contribution in [2.75, 3.05) is 13.2 Å². The molecule has 26 heavy (non-hydrogen) atoms. The van der Waals surface area contributed by atoms with Gasteiger partial charge in [-0.1, -0.05) is 36.2 Å². The predicted octanol–water partition coefficient (Wildman–Crippen LogP) is 3.47. The summed E-state index contributed by atoms with van der Waals surface area (Å²) in [5, 5.41) is 12.3. The van der Waals surface area contributed by atoms with Crippen molar-refractivity contribution in [2.45, 2.75) is 51.6 Å². The van der Waals surface area contributed by atoms with Gasteiger partial charge in [-0.2, -0.15) is 0 Å². The van der Waals surface area contributed by atoms with Crippen LogP contribution in [0, 0.1) is 24.7 Å². The number of ether oxygens (including phenoxy) is 1. The van der Waals surface area contributed by atoms with Crippen molar-refractivity contribution in [3.8, 4) is 0 Å². The molecule has 4 unspecified atom stereocenters. The number of carbonyl (C=O) groups is 2. The minimum Gasteiger partial charge on any atom is -0.481 e. The molecule has 1 aliphatic heterocycles. The van der Waals surface area contributed by atoms with Gasteiger partial charge in [-0.05, 0) is 44.6 Å². The first-order valence-corrected chi connectivity index (χ1v) is 9.73. The molecule has 1 aromatic carbocycles. The topological polar surface area (TPSA) is 75.6 Å². The molecule has 2 aliphatic rings. The first-order valence-electron chi connectivity index (χ1n) is 9.73. The molecule has 4 atom stereocenters. The van der Waals surface area contributed by atoms with Crippen LogP contribution in [0.4, 0.5) is 0 Å². The minimum absolute atomic E-state index is 0.00387. The van der Waals surface area contributed by atoms with Gasteiger partial charge in [0, 0.05) is 25.0 Å². The van der Waals surface area contributed by atoms with E-state index in [0.717, 1.165) is 37.9 Å². The second-order valence-electron chi connectivity index (χ2n) is 7.75. The molecule has 5 nitrogen and oxygen atoms in total. The van der Waals surface area contributed by atoms with Gasteiger partial charge in [-0.25, -0.2) is 0 Å². The van der Waals surface area contributed by atoms with Gasteiger partial charge in [0.15, 0.2) is 0 Å². The third-order valence-corrected chi connectivity index (χ3v) is 5.78. The number of aryl methyl sites for hydroxylation is 1. The van der Waals surface area contributed by atoms with Crippen molar-refractivity contribution >= 4 is 11.9 Å². The highest BCUT2D eigenvalue weighted by Crippen LogP contribution is 2.34. The van der Waals surface area contributed by atoms with E-state index in [-0.39, 0.29) is 29.8 Å². The highest BCUT2D eigenvalue weighted by atomic mass is 16.5. The Hall–Kier alpha value is -1.88. The second kappa shape index (κ2) is 8.67. The van der Waals surface area contributed by atoms with E-state index in [0.29, 0.717) is 19.4 Å². The molecule has 5 heteroatoms. The third-order valence-electron chi connectivity index (χ3n) is 5.78. The van der Waals surface area contributed by atoms with Crippen LogP contribution in [-0.2, 0) is 14.3 Å². The van der Waals surface area contributed by atoms with Crippen LogP contribution in [0.5, 0.6) is 0 Å². The number of benzene rings is 1. The Balaban J connectivity index is 1.57. The monoisotopic (exact) mass is 359 g/mol. The van der Waals surface area contributed by atoms with Crippen molar-refractivity contribution in [2.24, 2.45) is 17.8 Å².